The molecule has 0 radical (unpaired) electrons. The lowest BCUT2D eigenvalue weighted by atomic mass is 9.96. The number of hydrogen-bond donors (Lipinski definition) is 1. The van der Waals surface area contributed by atoms with Gasteiger partial charge in [0.25, 0.3) is 5.56 Å². The lowest BCUT2D eigenvalue weighted by Gasteiger charge is -2.17. The Morgan fingerprint density at radius 2 is 2.14 bits per heavy atom. The van der Waals surface area contributed by atoms with Gasteiger partial charge in [0, 0.05) is 19.0 Å². The smallest absolute Gasteiger partial charge is 0.340 e. The van der Waals surface area contributed by atoms with E-state index in [1.807, 2.05) is 0 Å². The molecule has 2 aromatic heterocycles. The summed E-state index contributed by atoms with van der Waals surface area (Å²) in [6.45, 7) is 0.704. The first-order valence-corrected chi connectivity index (χ1v) is 8.67. The molecule has 1 aliphatic heterocycles. The van der Waals surface area contributed by atoms with Gasteiger partial charge in [-0.15, -0.1) is 0 Å². The number of amides is 1. The molecule has 0 bridgehead atoms. The molecule has 7 nitrogen and oxygen atoms in total. The van der Waals surface area contributed by atoms with Crippen molar-refractivity contribution in [3.05, 3.63) is 58.3 Å². The molecule has 1 unspecified atom stereocenters. The third kappa shape index (κ3) is 3.37. The number of alkyl halides is 3. The molecule has 1 amide bonds. The summed E-state index contributed by atoms with van der Waals surface area (Å²) in [7, 11) is 0. The van der Waals surface area contributed by atoms with Crippen molar-refractivity contribution in [2.75, 3.05) is 13.1 Å². The molecule has 1 fully saturated rings. The maximum Gasteiger partial charge on any atom is 0.416 e. The zero-order chi connectivity index (χ0) is 19.9. The summed E-state index contributed by atoms with van der Waals surface area (Å²) in [4.78, 5) is 32.4. The molecule has 1 aromatic carbocycles. The summed E-state index contributed by atoms with van der Waals surface area (Å²) in [5.74, 6) is -0.372. The van der Waals surface area contributed by atoms with Gasteiger partial charge in [-0.25, -0.2) is 9.67 Å². The van der Waals surface area contributed by atoms with E-state index < -0.39 is 11.7 Å². The molecule has 1 N–H and O–H groups in total. The van der Waals surface area contributed by atoms with Gasteiger partial charge in [0.2, 0.25) is 5.91 Å². The number of rotatable bonds is 3. The van der Waals surface area contributed by atoms with Crippen molar-refractivity contribution in [2.24, 2.45) is 0 Å². The number of H-pyrrole nitrogens is 1. The molecule has 1 atom stereocenters. The first kappa shape index (κ1) is 18.2. The van der Waals surface area contributed by atoms with Gasteiger partial charge in [0.05, 0.1) is 18.1 Å². The fraction of sp³-hybridized carbons (Fsp3) is 0.333. The molecular weight excluding hydrogens is 375 g/mol. The van der Waals surface area contributed by atoms with E-state index in [-0.39, 0.29) is 23.9 Å². The fourth-order valence-electron chi connectivity index (χ4n) is 3.48. The molecule has 1 saturated heterocycles. The van der Waals surface area contributed by atoms with Crippen LogP contribution in [0.1, 0.15) is 23.5 Å². The van der Waals surface area contributed by atoms with Crippen LogP contribution in [-0.4, -0.2) is 43.6 Å². The van der Waals surface area contributed by atoms with E-state index in [2.05, 4.69) is 15.1 Å². The van der Waals surface area contributed by atoms with Crippen LogP contribution in [0.5, 0.6) is 0 Å². The van der Waals surface area contributed by atoms with Crippen LogP contribution in [0.25, 0.3) is 11.0 Å². The maximum absolute atomic E-state index is 12.9. The number of likely N-dealkylation sites (tertiary alicyclic amines) is 1. The predicted molar refractivity (Wildman–Crippen MR) is 93.5 cm³/mol. The van der Waals surface area contributed by atoms with Gasteiger partial charge >= 0.3 is 6.18 Å². The first-order chi connectivity index (χ1) is 13.3. The number of carbonyl (C=O) groups excluding carboxylic acids is 1. The molecule has 146 valence electrons. The van der Waals surface area contributed by atoms with Crippen LogP contribution < -0.4 is 5.56 Å². The summed E-state index contributed by atoms with van der Waals surface area (Å²) >= 11 is 0. The van der Waals surface area contributed by atoms with Crippen molar-refractivity contribution in [2.45, 2.75) is 25.1 Å². The Hall–Kier alpha value is -3.17. The third-order valence-corrected chi connectivity index (χ3v) is 4.95. The summed E-state index contributed by atoms with van der Waals surface area (Å²) < 4.78 is 40.1. The maximum atomic E-state index is 12.9. The lowest BCUT2D eigenvalue weighted by molar-refractivity contribution is -0.137. The quantitative estimate of drug-likeness (QED) is 0.742. The molecule has 0 saturated carbocycles. The van der Waals surface area contributed by atoms with Gasteiger partial charge in [0.1, 0.15) is 11.9 Å². The average molecular weight is 391 g/mol. The summed E-state index contributed by atoms with van der Waals surface area (Å²) in [5, 5.41) is 4.34. The van der Waals surface area contributed by atoms with Crippen LogP contribution in [0.2, 0.25) is 0 Å². The van der Waals surface area contributed by atoms with Crippen LogP contribution in [0, 0.1) is 0 Å². The van der Waals surface area contributed by atoms with E-state index in [0.29, 0.717) is 36.1 Å². The van der Waals surface area contributed by atoms with E-state index in [9.17, 15) is 22.8 Å². The van der Waals surface area contributed by atoms with E-state index >= 15 is 0 Å². The largest absolute Gasteiger partial charge is 0.416 e. The highest BCUT2D eigenvalue weighted by Gasteiger charge is 2.33. The van der Waals surface area contributed by atoms with Gasteiger partial charge in [-0.3, -0.25) is 9.59 Å². The minimum absolute atomic E-state index is 0.0880. The third-order valence-electron chi connectivity index (χ3n) is 4.95. The second-order valence-corrected chi connectivity index (χ2v) is 6.72. The second kappa shape index (κ2) is 6.77. The fourth-order valence-corrected chi connectivity index (χ4v) is 3.48. The van der Waals surface area contributed by atoms with Crippen molar-refractivity contribution < 1.29 is 18.0 Å². The second-order valence-electron chi connectivity index (χ2n) is 6.72. The van der Waals surface area contributed by atoms with Crippen molar-refractivity contribution in [1.29, 1.82) is 0 Å². The highest BCUT2D eigenvalue weighted by molar-refractivity contribution is 5.79. The number of benzene rings is 1. The molecule has 1 aliphatic rings. The lowest BCUT2D eigenvalue weighted by Crippen LogP contribution is -2.32. The Bertz CT molecular complexity index is 1090. The average Bonchev–Trinajstić information content (AvgIpc) is 3.30. The number of aromatic nitrogens is 4. The number of aromatic amines is 1. The standard InChI is InChI=1S/C18H16F3N5O2/c19-18(20,21)13-3-1-2-11(6-13)12-4-5-25(8-12)15(27)9-26-16-14(7-24-26)17(28)23-10-22-16/h1-3,6-7,10,12H,4-5,8-9H2,(H,22,23,28). The number of nitrogens with zero attached hydrogens (tertiary/aromatic N) is 4. The van der Waals surface area contributed by atoms with E-state index in [4.69, 9.17) is 0 Å². The van der Waals surface area contributed by atoms with Gasteiger partial charge in [0.15, 0.2) is 5.65 Å². The SMILES string of the molecule is O=C(Cn1ncc2c(=O)[nH]cnc21)N1CCC(c2cccc(C(F)(F)F)c2)C1. The van der Waals surface area contributed by atoms with E-state index in [1.165, 1.54) is 23.3 Å². The highest BCUT2D eigenvalue weighted by Crippen LogP contribution is 2.33. The molecule has 3 aromatic rings. The van der Waals surface area contributed by atoms with Crippen LogP contribution in [0.3, 0.4) is 0 Å². The van der Waals surface area contributed by atoms with Crippen LogP contribution in [-0.2, 0) is 17.5 Å². The topological polar surface area (TPSA) is 83.9 Å². The number of halogens is 3. The Kier molecular flexibility index (Phi) is 4.40. The van der Waals surface area contributed by atoms with Crippen molar-refractivity contribution >= 4 is 16.9 Å². The monoisotopic (exact) mass is 391 g/mol. The molecule has 0 aliphatic carbocycles. The molecule has 10 heteroatoms. The van der Waals surface area contributed by atoms with Crippen LogP contribution in [0.15, 0.2) is 41.6 Å². The van der Waals surface area contributed by atoms with Crippen molar-refractivity contribution in [3.63, 3.8) is 0 Å². The normalized spacial score (nSPS) is 17.4. The van der Waals surface area contributed by atoms with Gasteiger partial charge in [-0.05, 0) is 18.1 Å². The first-order valence-electron chi connectivity index (χ1n) is 8.67. The van der Waals surface area contributed by atoms with Gasteiger partial charge in [-0.1, -0.05) is 18.2 Å². The summed E-state index contributed by atoms with van der Waals surface area (Å²) in [6.07, 6.45) is -1.21. The van der Waals surface area contributed by atoms with Gasteiger partial charge < -0.3 is 9.88 Å². The van der Waals surface area contributed by atoms with Gasteiger partial charge in [-0.2, -0.15) is 18.3 Å². The van der Waals surface area contributed by atoms with E-state index in [1.54, 1.807) is 11.0 Å². The zero-order valence-electron chi connectivity index (χ0n) is 14.6. The molecule has 4 rings (SSSR count). The van der Waals surface area contributed by atoms with Crippen molar-refractivity contribution in [3.8, 4) is 0 Å². The van der Waals surface area contributed by atoms with Crippen LogP contribution >= 0.6 is 0 Å². The summed E-state index contributed by atoms with van der Waals surface area (Å²) in [5.41, 5.74) is -0.142. The minimum atomic E-state index is -4.39. The molecule has 3 heterocycles. The molecular formula is C18H16F3N5O2. The summed E-state index contributed by atoms with van der Waals surface area (Å²) in [6, 6.07) is 5.24. The Balaban J connectivity index is 1.47. The Morgan fingerprint density at radius 3 is 2.93 bits per heavy atom. The number of hydrogen-bond acceptors (Lipinski definition) is 4. The number of carbonyl (C=O) groups is 1. The number of nitrogens with one attached hydrogen (secondary N) is 1. The molecule has 28 heavy (non-hydrogen) atoms. The predicted octanol–water partition coefficient (Wildman–Crippen LogP) is 2.15. The number of fused-ring (bicyclic) bond motifs is 1. The molecule has 0 spiro atoms. The Labute approximate surface area is 156 Å². The Morgan fingerprint density at radius 1 is 1.32 bits per heavy atom. The minimum Gasteiger partial charge on any atom is -0.340 e. The van der Waals surface area contributed by atoms with Crippen molar-refractivity contribution in [1.82, 2.24) is 24.6 Å². The highest BCUT2D eigenvalue weighted by atomic mass is 19.4. The zero-order valence-corrected chi connectivity index (χ0v) is 14.6. The van der Waals surface area contributed by atoms with E-state index in [0.717, 1.165) is 12.1 Å². The van der Waals surface area contributed by atoms with Crippen LogP contribution in [0.4, 0.5) is 13.2 Å².